The molecule has 0 aliphatic rings. The van der Waals surface area contributed by atoms with Gasteiger partial charge in [0.2, 0.25) is 0 Å². The molecular weight excluding hydrogens is 332 g/mol. The van der Waals surface area contributed by atoms with Crippen LogP contribution in [0.25, 0.3) is 0 Å². The molecule has 1 rings (SSSR count). The fourth-order valence-electron chi connectivity index (χ4n) is 1.13. The lowest BCUT2D eigenvalue weighted by Gasteiger charge is -2.08. The van der Waals surface area contributed by atoms with Crippen molar-refractivity contribution < 1.29 is 19.8 Å². The van der Waals surface area contributed by atoms with E-state index in [0.29, 0.717) is 8.95 Å². The molecule has 80 valence electrons. The maximum Gasteiger partial charge on any atom is 0.322 e. The van der Waals surface area contributed by atoms with Crippen LogP contribution in [-0.2, 0) is 9.59 Å². The molecule has 0 aromatic heterocycles. The van der Waals surface area contributed by atoms with Crippen molar-refractivity contribution in [1.29, 1.82) is 0 Å². The molecular formula is C9H6Br2O4. The Labute approximate surface area is 102 Å². The Bertz CT molecular complexity index is 382. The summed E-state index contributed by atoms with van der Waals surface area (Å²) in [4.78, 5) is 21.5. The summed E-state index contributed by atoms with van der Waals surface area (Å²) in [5, 5.41) is 17.5. The highest BCUT2D eigenvalue weighted by Gasteiger charge is 2.28. The maximum atomic E-state index is 10.8. The number of halogens is 2. The molecule has 6 heteroatoms. The van der Waals surface area contributed by atoms with Gasteiger partial charge in [-0.1, -0.05) is 31.9 Å². The molecule has 0 radical (unpaired) electrons. The fourth-order valence-corrected chi connectivity index (χ4v) is 2.46. The van der Waals surface area contributed by atoms with Crippen LogP contribution in [0.5, 0.6) is 0 Å². The number of carbonyl (C=O) groups is 2. The van der Waals surface area contributed by atoms with Crippen molar-refractivity contribution in [2.45, 2.75) is 5.92 Å². The van der Waals surface area contributed by atoms with Crippen molar-refractivity contribution >= 4 is 43.8 Å². The molecule has 4 nitrogen and oxygen atoms in total. The predicted molar refractivity (Wildman–Crippen MR) is 59.9 cm³/mol. The highest BCUT2D eigenvalue weighted by Crippen LogP contribution is 2.25. The molecule has 1 aromatic carbocycles. The SMILES string of the molecule is O=C(O)C(C(=O)O)c1cc(Br)cc(Br)c1. The summed E-state index contributed by atoms with van der Waals surface area (Å²) < 4.78 is 1.25. The van der Waals surface area contributed by atoms with Gasteiger partial charge < -0.3 is 10.2 Å². The van der Waals surface area contributed by atoms with Gasteiger partial charge in [0.1, 0.15) is 0 Å². The van der Waals surface area contributed by atoms with Crippen LogP contribution in [0.1, 0.15) is 11.5 Å². The Kier molecular flexibility index (Phi) is 3.87. The van der Waals surface area contributed by atoms with Gasteiger partial charge in [0, 0.05) is 8.95 Å². The van der Waals surface area contributed by atoms with Gasteiger partial charge >= 0.3 is 11.9 Å². The Hall–Kier alpha value is -0.880. The topological polar surface area (TPSA) is 74.6 Å². The van der Waals surface area contributed by atoms with Crippen molar-refractivity contribution in [3.05, 3.63) is 32.7 Å². The minimum Gasteiger partial charge on any atom is -0.480 e. The second kappa shape index (κ2) is 4.76. The number of benzene rings is 1. The first kappa shape index (κ1) is 12.2. The molecule has 0 spiro atoms. The molecule has 1 aromatic rings. The highest BCUT2D eigenvalue weighted by atomic mass is 79.9. The van der Waals surface area contributed by atoms with Crippen molar-refractivity contribution in [1.82, 2.24) is 0 Å². The Balaban J connectivity index is 3.22. The van der Waals surface area contributed by atoms with E-state index in [9.17, 15) is 9.59 Å². The molecule has 0 bridgehead atoms. The molecule has 15 heavy (non-hydrogen) atoms. The first-order valence-corrected chi connectivity index (χ1v) is 5.42. The number of carboxylic acid groups (broad SMARTS) is 2. The minimum atomic E-state index is -1.54. The van der Waals surface area contributed by atoms with Gasteiger partial charge in [-0.05, 0) is 23.8 Å². The van der Waals surface area contributed by atoms with Crippen LogP contribution in [0.4, 0.5) is 0 Å². The van der Waals surface area contributed by atoms with Gasteiger partial charge in [-0.3, -0.25) is 9.59 Å². The summed E-state index contributed by atoms with van der Waals surface area (Å²) in [6.45, 7) is 0. The predicted octanol–water partition coefficient (Wildman–Crippen LogP) is 2.46. The molecule has 0 heterocycles. The summed E-state index contributed by atoms with van der Waals surface area (Å²) in [7, 11) is 0. The van der Waals surface area contributed by atoms with Gasteiger partial charge in [0.15, 0.2) is 5.92 Å². The first-order valence-electron chi connectivity index (χ1n) is 3.83. The molecule has 0 unspecified atom stereocenters. The van der Waals surface area contributed by atoms with E-state index in [1.165, 1.54) is 12.1 Å². The van der Waals surface area contributed by atoms with E-state index in [2.05, 4.69) is 31.9 Å². The van der Waals surface area contributed by atoms with Crippen molar-refractivity contribution in [2.24, 2.45) is 0 Å². The van der Waals surface area contributed by atoms with Crippen LogP contribution in [-0.4, -0.2) is 22.2 Å². The lowest BCUT2D eigenvalue weighted by Crippen LogP contribution is -2.21. The highest BCUT2D eigenvalue weighted by molar-refractivity contribution is 9.11. The zero-order chi connectivity index (χ0) is 11.6. The number of aliphatic carboxylic acids is 2. The molecule has 2 N–H and O–H groups in total. The Morgan fingerprint density at radius 3 is 1.73 bits per heavy atom. The smallest absolute Gasteiger partial charge is 0.322 e. The van der Waals surface area contributed by atoms with Gasteiger partial charge in [-0.15, -0.1) is 0 Å². The average Bonchev–Trinajstić information content (AvgIpc) is 1.99. The van der Waals surface area contributed by atoms with E-state index in [4.69, 9.17) is 10.2 Å². The van der Waals surface area contributed by atoms with Gasteiger partial charge in [-0.2, -0.15) is 0 Å². The number of hydrogen-bond acceptors (Lipinski definition) is 2. The Morgan fingerprint density at radius 2 is 1.40 bits per heavy atom. The zero-order valence-electron chi connectivity index (χ0n) is 7.28. The molecule has 0 fully saturated rings. The van der Waals surface area contributed by atoms with Gasteiger partial charge in [-0.25, -0.2) is 0 Å². The summed E-state index contributed by atoms with van der Waals surface area (Å²) in [6.07, 6.45) is 0. The van der Waals surface area contributed by atoms with Gasteiger partial charge in [0.25, 0.3) is 0 Å². The summed E-state index contributed by atoms with van der Waals surface area (Å²) >= 11 is 6.33. The molecule has 0 aliphatic heterocycles. The Morgan fingerprint density at radius 1 is 1.00 bits per heavy atom. The largest absolute Gasteiger partial charge is 0.480 e. The lowest BCUT2D eigenvalue weighted by atomic mass is 10.00. The molecule has 0 saturated heterocycles. The third-order valence-corrected chi connectivity index (χ3v) is 2.63. The standard InChI is InChI=1S/C9H6Br2O4/c10-5-1-4(2-6(11)3-5)7(8(12)13)9(14)15/h1-3,7H,(H,12,13)(H,14,15). The zero-order valence-corrected chi connectivity index (χ0v) is 10.4. The van der Waals surface area contributed by atoms with E-state index in [1.807, 2.05) is 0 Å². The van der Waals surface area contributed by atoms with Crippen molar-refractivity contribution in [2.75, 3.05) is 0 Å². The molecule has 0 amide bonds. The molecule has 0 saturated carbocycles. The van der Waals surface area contributed by atoms with Crippen LogP contribution in [0, 0.1) is 0 Å². The van der Waals surface area contributed by atoms with Crippen LogP contribution in [0.15, 0.2) is 27.1 Å². The van der Waals surface area contributed by atoms with Gasteiger partial charge in [0.05, 0.1) is 0 Å². The maximum absolute atomic E-state index is 10.8. The monoisotopic (exact) mass is 336 g/mol. The van der Waals surface area contributed by atoms with Crippen LogP contribution in [0.2, 0.25) is 0 Å². The van der Waals surface area contributed by atoms with Crippen molar-refractivity contribution in [3.8, 4) is 0 Å². The summed E-state index contributed by atoms with van der Waals surface area (Å²) in [5.41, 5.74) is 0.219. The van der Waals surface area contributed by atoms with E-state index in [0.717, 1.165) is 0 Å². The van der Waals surface area contributed by atoms with E-state index >= 15 is 0 Å². The third-order valence-electron chi connectivity index (χ3n) is 1.71. The van der Waals surface area contributed by atoms with Crippen LogP contribution < -0.4 is 0 Å². The molecule has 0 aliphatic carbocycles. The minimum absolute atomic E-state index is 0.219. The third kappa shape index (κ3) is 3.04. The van der Waals surface area contributed by atoms with E-state index in [1.54, 1.807) is 6.07 Å². The number of carboxylic acids is 2. The second-order valence-electron chi connectivity index (χ2n) is 2.81. The molecule has 0 atom stereocenters. The lowest BCUT2D eigenvalue weighted by molar-refractivity contribution is -0.150. The second-order valence-corrected chi connectivity index (χ2v) is 4.64. The summed E-state index contributed by atoms with van der Waals surface area (Å²) in [5.74, 6) is -4.31. The first-order chi connectivity index (χ1) is 6.91. The summed E-state index contributed by atoms with van der Waals surface area (Å²) in [6, 6.07) is 4.64. The average molecular weight is 338 g/mol. The van der Waals surface area contributed by atoms with Crippen molar-refractivity contribution in [3.63, 3.8) is 0 Å². The normalized spacial score (nSPS) is 10.3. The number of hydrogen-bond donors (Lipinski definition) is 2. The van der Waals surface area contributed by atoms with E-state index < -0.39 is 17.9 Å². The fraction of sp³-hybridized carbons (Fsp3) is 0.111. The van der Waals surface area contributed by atoms with E-state index in [-0.39, 0.29) is 5.56 Å². The van der Waals surface area contributed by atoms with Crippen LogP contribution >= 0.6 is 31.9 Å². The number of rotatable bonds is 3. The quantitative estimate of drug-likeness (QED) is 0.831. The van der Waals surface area contributed by atoms with Crippen LogP contribution in [0.3, 0.4) is 0 Å².